The highest BCUT2D eigenvalue weighted by Gasteiger charge is 2.58. The fraction of sp³-hybridized carbons (Fsp3) is 0.583. The minimum absolute atomic E-state index is 0.168. The van der Waals surface area contributed by atoms with Gasteiger partial charge < -0.3 is 9.52 Å². The van der Waals surface area contributed by atoms with Crippen LogP contribution in [0.25, 0.3) is 0 Å². The second-order valence-corrected chi connectivity index (χ2v) is 4.78. The van der Waals surface area contributed by atoms with Crippen molar-refractivity contribution < 1.29 is 14.3 Å². The van der Waals surface area contributed by atoms with Gasteiger partial charge in [0.05, 0.1) is 11.5 Å². The molecule has 1 unspecified atom stereocenters. The Labute approximate surface area is 94.9 Å². The lowest BCUT2D eigenvalue weighted by Gasteiger charge is -2.28. The molecule has 1 heterocycles. The van der Waals surface area contributed by atoms with Crippen molar-refractivity contribution in [2.75, 3.05) is 14.1 Å². The number of carboxylic acids is 1. The molecule has 0 bridgehead atoms. The highest BCUT2D eigenvalue weighted by atomic mass is 16.4. The summed E-state index contributed by atoms with van der Waals surface area (Å²) in [4.78, 5) is 13.3. The normalized spacial score (nSPS) is 19.8. The van der Waals surface area contributed by atoms with Crippen LogP contribution >= 0.6 is 0 Å². The van der Waals surface area contributed by atoms with Crippen LogP contribution in [-0.2, 0) is 4.79 Å². The lowest BCUT2D eigenvalue weighted by atomic mass is 9.93. The van der Waals surface area contributed by atoms with E-state index >= 15 is 0 Å². The summed E-state index contributed by atoms with van der Waals surface area (Å²) < 4.78 is 5.58. The second kappa shape index (κ2) is 3.63. The van der Waals surface area contributed by atoms with Gasteiger partial charge in [-0.3, -0.25) is 9.69 Å². The summed E-state index contributed by atoms with van der Waals surface area (Å²) in [5.74, 6) is 0.852. The van der Waals surface area contributed by atoms with Gasteiger partial charge >= 0.3 is 5.97 Å². The predicted octanol–water partition coefficient (Wildman–Crippen LogP) is 2.06. The maximum atomic E-state index is 11.3. The first-order valence-corrected chi connectivity index (χ1v) is 5.43. The molecule has 0 aliphatic heterocycles. The van der Waals surface area contributed by atoms with Crippen LogP contribution in [0, 0.1) is 12.3 Å². The summed E-state index contributed by atoms with van der Waals surface area (Å²) in [6, 6.07) is 3.59. The molecular weight excluding hydrogens is 206 g/mol. The molecule has 0 spiro atoms. The summed E-state index contributed by atoms with van der Waals surface area (Å²) in [6.07, 6.45) is 1.45. The van der Waals surface area contributed by atoms with Crippen LogP contribution in [0.2, 0.25) is 0 Å². The molecular formula is C12H17NO3. The number of hydrogen-bond acceptors (Lipinski definition) is 3. The highest BCUT2D eigenvalue weighted by molar-refractivity contribution is 5.79. The standard InChI is InChI=1S/C12H17NO3/c1-8-4-5-9(16-8)10(13(2)3)12(6-7-12)11(14)15/h4-5,10H,6-7H2,1-3H3,(H,14,15). The fourth-order valence-electron chi connectivity index (χ4n) is 2.36. The molecule has 1 saturated carbocycles. The molecule has 1 N–H and O–H groups in total. The van der Waals surface area contributed by atoms with E-state index in [1.807, 2.05) is 38.1 Å². The van der Waals surface area contributed by atoms with Gasteiger partial charge in [-0.05, 0) is 46.0 Å². The number of carboxylic acid groups (broad SMARTS) is 1. The van der Waals surface area contributed by atoms with Gasteiger partial charge in [-0.1, -0.05) is 0 Å². The van der Waals surface area contributed by atoms with Crippen LogP contribution in [0.3, 0.4) is 0 Å². The van der Waals surface area contributed by atoms with Crippen molar-refractivity contribution in [2.45, 2.75) is 25.8 Å². The largest absolute Gasteiger partial charge is 0.481 e. The van der Waals surface area contributed by atoms with Crippen LogP contribution in [0.1, 0.15) is 30.4 Å². The lowest BCUT2D eigenvalue weighted by molar-refractivity contribution is -0.146. The van der Waals surface area contributed by atoms with Gasteiger partial charge in [0.15, 0.2) is 0 Å². The van der Waals surface area contributed by atoms with Crippen molar-refractivity contribution in [2.24, 2.45) is 5.41 Å². The quantitative estimate of drug-likeness (QED) is 0.848. The van der Waals surface area contributed by atoms with Gasteiger partial charge in [-0.25, -0.2) is 0 Å². The molecule has 1 atom stereocenters. The Morgan fingerprint density at radius 3 is 2.44 bits per heavy atom. The third-order valence-electron chi connectivity index (χ3n) is 3.29. The Hall–Kier alpha value is -1.29. The monoisotopic (exact) mass is 223 g/mol. The molecule has 0 aromatic carbocycles. The average molecular weight is 223 g/mol. The molecule has 2 rings (SSSR count). The number of aliphatic carboxylic acids is 1. The summed E-state index contributed by atoms with van der Waals surface area (Å²) in [5, 5.41) is 9.32. The van der Waals surface area contributed by atoms with Gasteiger partial charge in [0.1, 0.15) is 11.5 Å². The minimum atomic E-state index is -0.722. The van der Waals surface area contributed by atoms with E-state index in [0.717, 1.165) is 24.4 Å². The summed E-state index contributed by atoms with van der Waals surface area (Å²) >= 11 is 0. The van der Waals surface area contributed by atoms with Crippen molar-refractivity contribution in [3.63, 3.8) is 0 Å². The molecule has 1 aromatic heterocycles. The average Bonchev–Trinajstić information content (AvgIpc) is 2.85. The minimum Gasteiger partial charge on any atom is -0.481 e. The fourth-order valence-corrected chi connectivity index (χ4v) is 2.36. The van der Waals surface area contributed by atoms with E-state index in [1.54, 1.807) is 0 Å². The van der Waals surface area contributed by atoms with Crippen LogP contribution in [-0.4, -0.2) is 30.1 Å². The Morgan fingerprint density at radius 2 is 2.12 bits per heavy atom. The molecule has 1 aromatic rings. The van der Waals surface area contributed by atoms with Gasteiger partial charge in [-0.2, -0.15) is 0 Å². The maximum absolute atomic E-state index is 11.3. The molecule has 4 nitrogen and oxygen atoms in total. The Bertz CT molecular complexity index is 404. The number of nitrogens with zero attached hydrogens (tertiary/aromatic N) is 1. The molecule has 0 saturated heterocycles. The number of hydrogen-bond donors (Lipinski definition) is 1. The van der Waals surface area contributed by atoms with Crippen molar-refractivity contribution in [3.8, 4) is 0 Å². The molecule has 0 radical (unpaired) electrons. The Kier molecular flexibility index (Phi) is 2.54. The zero-order valence-electron chi connectivity index (χ0n) is 9.86. The van der Waals surface area contributed by atoms with Crippen LogP contribution < -0.4 is 0 Å². The smallest absolute Gasteiger partial charge is 0.311 e. The third kappa shape index (κ3) is 1.63. The topological polar surface area (TPSA) is 53.7 Å². The number of rotatable bonds is 4. The van der Waals surface area contributed by atoms with Crippen LogP contribution in [0.5, 0.6) is 0 Å². The van der Waals surface area contributed by atoms with Gasteiger partial charge in [0.2, 0.25) is 0 Å². The predicted molar refractivity (Wildman–Crippen MR) is 59.2 cm³/mol. The van der Waals surface area contributed by atoms with E-state index in [1.165, 1.54) is 0 Å². The van der Waals surface area contributed by atoms with Gasteiger partial charge in [0, 0.05) is 0 Å². The maximum Gasteiger partial charge on any atom is 0.311 e. The first kappa shape index (κ1) is 11.2. The summed E-state index contributed by atoms with van der Waals surface area (Å²) in [7, 11) is 3.79. The number of carbonyl (C=O) groups is 1. The molecule has 1 aliphatic carbocycles. The van der Waals surface area contributed by atoms with E-state index in [9.17, 15) is 9.90 Å². The van der Waals surface area contributed by atoms with E-state index < -0.39 is 11.4 Å². The molecule has 4 heteroatoms. The van der Waals surface area contributed by atoms with Gasteiger partial charge in [-0.15, -0.1) is 0 Å². The Morgan fingerprint density at radius 1 is 1.50 bits per heavy atom. The number of furan rings is 1. The molecule has 1 fully saturated rings. The second-order valence-electron chi connectivity index (χ2n) is 4.78. The zero-order valence-corrected chi connectivity index (χ0v) is 9.86. The highest BCUT2D eigenvalue weighted by Crippen LogP contribution is 2.57. The first-order valence-electron chi connectivity index (χ1n) is 5.43. The van der Waals surface area contributed by atoms with E-state index in [4.69, 9.17) is 4.42 Å². The van der Waals surface area contributed by atoms with E-state index in [0.29, 0.717) is 0 Å². The van der Waals surface area contributed by atoms with Crippen LogP contribution in [0.4, 0.5) is 0 Å². The lowest BCUT2D eigenvalue weighted by Crippen LogP contribution is -2.33. The molecule has 1 aliphatic rings. The van der Waals surface area contributed by atoms with E-state index in [2.05, 4.69) is 0 Å². The van der Waals surface area contributed by atoms with Crippen LogP contribution in [0.15, 0.2) is 16.5 Å². The molecule has 88 valence electrons. The first-order chi connectivity index (χ1) is 7.47. The summed E-state index contributed by atoms with van der Waals surface area (Å²) in [5.41, 5.74) is -0.645. The summed E-state index contributed by atoms with van der Waals surface area (Å²) in [6.45, 7) is 1.87. The zero-order chi connectivity index (χ0) is 11.9. The SMILES string of the molecule is Cc1ccc(C(N(C)C)C2(C(=O)O)CC2)o1. The van der Waals surface area contributed by atoms with E-state index in [-0.39, 0.29) is 6.04 Å². The van der Waals surface area contributed by atoms with Crippen molar-refractivity contribution >= 4 is 5.97 Å². The van der Waals surface area contributed by atoms with Crippen molar-refractivity contribution in [1.29, 1.82) is 0 Å². The van der Waals surface area contributed by atoms with Crippen molar-refractivity contribution in [3.05, 3.63) is 23.7 Å². The molecule has 0 amide bonds. The van der Waals surface area contributed by atoms with Crippen molar-refractivity contribution in [1.82, 2.24) is 4.90 Å². The van der Waals surface area contributed by atoms with Gasteiger partial charge in [0.25, 0.3) is 0 Å². The molecule has 16 heavy (non-hydrogen) atoms. The third-order valence-corrected chi connectivity index (χ3v) is 3.29. The Balaban J connectivity index is 2.35. The number of aryl methyl sites for hydroxylation is 1.